The van der Waals surface area contributed by atoms with Gasteiger partial charge in [0.25, 0.3) is 0 Å². The predicted molar refractivity (Wildman–Crippen MR) is 72.0 cm³/mol. The highest BCUT2D eigenvalue weighted by Gasteiger charge is 2.52. The Morgan fingerprint density at radius 2 is 2.05 bits per heavy atom. The average molecular weight is 282 g/mol. The van der Waals surface area contributed by atoms with Gasteiger partial charge in [0.15, 0.2) is 0 Å². The van der Waals surface area contributed by atoms with Gasteiger partial charge >= 0.3 is 11.9 Å². The maximum absolute atomic E-state index is 11.7. The number of carboxylic acid groups (broad SMARTS) is 1. The summed E-state index contributed by atoms with van der Waals surface area (Å²) in [7, 11) is 0. The summed E-state index contributed by atoms with van der Waals surface area (Å²) in [5.74, 6) is -1.32. The van der Waals surface area contributed by atoms with Crippen LogP contribution in [0, 0.1) is 5.92 Å². The van der Waals surface area contributed by atoms with E-state index >= 15 is 0 Å². The van der Waals surface area contributed by atoms with Crippen LogP contribution in [0.1, 0.15) is 38.5 Å². The Labute approximate surface area is 116 Å². The molecular formula is C14H18O4S. The van der Waals surface area contributed by atoms with E-state index in [1.54, 1.807) is 0 Å². The number of carbonyl (C=O) groups is 2. The number of carbonyl (C=O) groups excluding carboxylic acids is 1. The van der Waals surface area contributed by atoms with Gasteiger partial charge < -0.3 is 9.84 Å². The number of carboxylic acids is 1. The van der Waals surface area contributed by atoms with E-state index < -0.39 is 24.0 Å². The zero-order valence-corrected chi connectivity index (χ0v) is 11.5. The van der Waals surface area contributed by atoms with Crippen LogP contribution in [0.25, 0.3) is 0 Å². The monoisotopic (exact) mass is 282 g/mol. The quantitative estimate of drug-likeness (QED) is 0.487. The molecule has 4 nitrogen and oxygen atoms in total. The summed E-state index contributed by atoms with van der Waals surface area (Å²) >= 11 is 1.95. The fraction of sp³-hybridized carbons (Fsp3) is 0.714. The van der Waals surface area contributed by atoms with Crippen molar-refractivity contribution in [3.8, 4) is 0 Å². The van der Waals surface area contributed by atoms with Gasteiger partial charge in [0, 0.05) is 16.4 Å². The molecule has 3 aliphatic rings. The Morgan fingerprint density at radius 1 is 1.32 bits per heavy atom. The van der Waals surface area contributed by atoms with Crippen LogP contribution in [0.3, 0.4) is 0 Å². The lowest BCUT2D eigenvalue weighted by Gasteiger charge is -2.37. The molecule has 1 saturated carbocycles. The molecule has 3 atom stereocenters. The minimum Gasteiger partial charge on any atom is -0.481 e. The average Bonchev–Trinajstić information content (AvgIpc) is 3.02. The van der Waals surface area contributed by atoms with E-state index in [1.807, 2.05) is 11.8 Å². The van der Waals surface area contributed by atoms with Gasteiger partial charge in [-0.2, -0.15) is 0 Å². The van der Waals surface area contributed by atoms with Crippen LogP contribution < -0.4 is 0 Å². The van der Waals surface area contributed by atoms with Gasteiger partial charge in [-0.15, -0.1) is 11.8 Å². The number of ether oxygens (including phenoxy) is 1. The van der Waals surface area contributed by atoms with Crippen LogP contribution in [-0.4, -0.2) is 33.1 Å². The first-order valence-electron chi connectivity index (χ1n) is 6.86. The highest BCUT2D eigenvalue weighted by Crippen LogP contribution is 2.54. The smallest absolute Gasteiger partial charge is 0.317 e. The van der Waals surface area contributed by atoms with E-state index in [2.05, 4.69) is 12.2 Å². The van der Waals surface area contributed by atoms with Gasteiger partial charge in [0.2, 0.25) is 0 Å². The molecule has 19 heavy (non-hydrogen) atoms. The normalized spacial score (nSPS) is 34.6. The lowest BCUT2D eigenvalue weighted by Crippen LogP contribution is -2.43. The summed E-state index contributed by atoms with van der Waals surface area (Å²) in [6, 6.07) is 0. The molecule has 0 radical (unpaired) electrons. The van der Waals surface area contributed by atoms with Gasteiger partial charge in [-0.25, -0.2) is 0 Å². The highest BCUT2D eigenvalue weighted by molar-refractivity contribution is 8.01. The van der Waals surface area contributed by atoms with Gasteiger partial charge in [-0.1, -0.05) is 12.2 Å². The largest absolute Gasteiger partial charge is 0.481 e. The van der Waals surface area contributed by atoms with Crippen molar-refractivity contribution >= 4 is 23.7 Å². The van der Waals surface area contributed by atoms with E-state index in [0.717, 1.165) is 32.1 Å². The first kappa shape index (κ1) is 13.0. The molecule has 0 aromatic heterocycles. The number of aliphatic carboxylic acids is 1. The molecule has 1 saturated heterocycles. The molecular weight excluding hydrogens is 264 g/mol. The van der Waals surface area contributed by atoms with Crippen LogP contribution >= 0.6 is 11.8 Å². The Hall–Kier alpha value is -0.970. The molecule has 3 unspecified atom stereocenters. The van der Waals surface area contributed by atoms with E-state index in [-0.39, 0.29) is 0 Å². The first-order chi connectivity index (χ1) is 9.09. The fourth-order valence-electron chi connectivity index (χ4n) is 3.70. The zero-order chi connectivity index (χ0) is 13.5. The maximum Gasteiger partial charge on any atom is 0.317 e. The number of hydrogen-bond donors (Lipinski definition) is 1. The Bertz CT molecular complexity index is 425. The molecule has 2 aliphatic heterocycles. The third-order valence-electron chi connectivity index (χ3n) is 4.47. The summed E-state index contributed by atoms with van der Waals surface area (Å²) in [5.41, 5.74) is -0.399. The molecule has 104 valence electrons. The van der Waals surface area contributed by atoms with Crippen molar-refractivity contribution in [3.63, 3.8) is 0 Å². The lowest BCUT2D eigenvalue weighted by molar-refractivity contribution is -0.168. The van der Waals surface area contributed by atoms with Crippen LogP contribution in [0.5, 0.6) is 0 Å². The molecule has 3 rings (SSSR count). The number of esters is 1. The SMILES string of the molecule is O=C(O)CC(=O)OC1(C2CC3C=CC2S3)CCCC1. The molecule has 0 spiro atoms. The molecule has 0 amide bonds. The van der Waals surface area contributed by atoms with E-state index in [1.165, 1.54) is 0 Å². The van der Waals surface area contributed by atoms with Crippen molar-refractivity contribution in [2.75, 3.05) is 0 Å². The van der Waals surface area contributed by atoms with Crippen molar-refractivity contribution in [1.29, 1.82) is 0 Å². The summed E-state index contributed by atoms with van der Waals surface area (Å²) in [5, 5.41) is 9.70. The predicted octanol–water partition coefficient (Wildman–Crippen LogP) is 2.38. The van der Waals surface area contributed by atoms with Crippen LogP contribution in [0.4, 0.5) is 0 Å². The minimum absolute atomic E-state index is 0.368. The Kier molecular flexibility index (Phi) is 3.33. The molecule has 1 N–H and O–H groups in total. The van der Waals surface area contributed by atoms with Crippen molar-refractivity contribution in [3.05, 3.63) is 12.2 Å². The molecule has 2 heterocycles. The van der Waals surface area contributed by atoms with Crippen molar-refractivity contribution in [2.24, 2.45) is 5.92 Å². The number of rotatable bonds is 4. The first-order valence-corrected chi connectivity index (χ1v) is 7.81. The Balaban J connectivity index is 1.74. The summed E-state index contributed by atoms with van der Waals surface area (Å²) in [6.45, 7) is 0. The van der Waals surface area contributed by atoms with Crippen LogP contribution in [0.15, 0.2) is 12.2 Å². The molecule has 2 fully saturated rings. The van der Waals surface area contributed by atoms with Crippen molar-refractivity contribution in [1.82, 2.24) is 0 Å². The Morgan fingerprint density at radius 3 is 2.58 bits per heavy atom. The van der Waals surface area contributed by atoms with E-state index in [9.17, 15) is 9.59 Å². The number of thioether (sulfide) groups is 1. The highest BCUT2D eigenvalue weighted by atomic mass is 32.2. The molecule has 1 aliphatic carbocycles. The molecule has 0 aromatic carbocycles. The second-order valence-electron chi connectivity index (χ2n) is 5.68. The van der Waals surface area contributed by atoms with Gasteiger partial charge in [0.05, 0.1) is 0 Å². The van der Waals surface area contributed by atoms with Crippen molar-refractivity contribution in [2.45, 2.75) is 54.6 Å². The van der Waals surface area contributed by atoms with Gasteiger partial charge in [0.1, 0.15) is 12.0 Å². The standard InChI is InChI=1S/C14H18O4S/c15-12(16)8-13(17)18-14(5-1-2-6-14)10-7-9-3-4-11(10)19-9/h3-4,9-11H,1-2,5-8H2,(H,15,16). The molecule has 2 bridgehead atoms. The summed E-state index contributed by atoms with van der Waals surface area (Å²) < 4.78 is 5.68. The van der Waals surface area contributed by atoms with E-state index in [4.69, 9.17) is 9.84 Å². The maximum atomic E-state index is 11.7. The minimum atomic E-state index is -1.11. The zero-order valence-electron chi connectivity index (χ0n) is 10.7. The van der Waals surface area contributed by atoms with Gasteiger partial charge in [-0.05, 0) is 32.1 Å². The third kappa shape index (κ3) is 2.40. The van der Waals surface area contributed by atoms with Crippen LogP contribution in [-0.2, 0) is 14.3 Å². The topological polar surface area (TPSA) is 63.6 Å². The van der Waals surface area contributed by atoms with E-state index in [0.29, 0.717) is 16.4 Å². The second kappa shape index (κ2) is 4.85. The lowest BCUT2D eigenvalue weighted by atomic mass is 9.78. The molecule has 5 heteroatoms. The second-order valence-corrected chi connectivity index (χ2v) is 7.10. The summed E-state index contributed by atoms with van der Waals surface area (Å²) in [4.78, 5) is 22.4. The third-order valence-corrected chi connectivity index (χ3v) is 5.97. The summed E-state index contributed by atoms with van der Waals surface area (Å²) in [6.07, 6.45) is 8.94. The van der Waals surface area contributed by atoms with Gasteiger partial charge in [-0.3, -0.25) is 9.59 Å². The van der Waals surface area contributed by atoms with Crippen LogP contribution in [0.2, 0.25) is 0 Å². The number of fused-ring (bicyclic) bond motifs is 2. The van der Waals surface area contributed by atoms with Crippen molar-refractivity contribution < 1.29 is 19.4 Å². The molecule has 0 aromatic rings. The fourth-order valence-corrected chi connectivity index (χ4v) is 5.33. The number of hydrogen-bond acceptors (Lipinski definition) is 4.